The Labute approximate surface area is 128 Å². The van der Waals surface area contributed by atoms with Gasteiger partial charge in [-0.05, 0) is 18.6 Å². The number of H-pyrrole nitrogens is 1. The van der Waals surface area contributed by atoms with Crippen LogP contribution in [-0.4, -0.2) is 29.6 Å². The maximum atomic E-state index is 12.2. The molecule has 9 heteroatoms. The van der Waals surface area contributed by atoms with Gasteiger partial charge in [0.05, 0.1) is 6.54 Å². The Morgan fingerprint density at radius 2 is 2.14 bits per heavy atom. The average molecular weight is 329 g/mol. The van der Waals surface area contributed by atoms with Crippen LogP contribution in [0.5, 0.6) is 0 Å². The van der Waals surface area contributed by atoms with Crippen molar-refractivity contribution in [2.45, 2.75) is 44.1 Å². The largest absolute Gasteiger partial charge is 0.310 e. The van der Waals surface area contributed by atoms with Crippen molar-refractivity contribution >= 4 is 21.4 Å². The molecule has 0 spiro atoms. The van der Waals surface area contributed by atoms with E-state index in [-0.39, 0.29) is 6.54 Å². The molecule has 0 amide bonds. The molecule has 116 valence electrons. The highest BCUT2D eigenvalue weighted by molar-refractivity contribution is 7.91. The van der Waals surface area contributed by atoms with Gasteiger partial charge in [-0.1, -0.05) is 13.8 Å². The monoisotopic (exact) mass is 329 g/mol. The van der Waals surface area contributed by atoms with Crippen molar-refractivity contribution in [3.8, 4) is 0 Å². The van der Waals surface area contributed by atoms with Crippen LogP contribution in [0, 0.1) is 6.92 Å². The Morgan fingerprint density at radius 3 is 2.76 bits per heavy atom. The minimum absolute atomic E-state index is 0.0961. The van der Waals surface area contributed by atoms with Crippen LogP contribution < -0.4 is 10.0 Å². The molecule has 0 fully saturated rings. The van der Waals surface area contributed by atoms with Gasteiger partial charge in [0.25, 0.3) is 0 Å². The fraction of sp³-hybridized carbons (Fsp3) is 0.500. The molecule has 0 saturated carbocycles. The number of nitrogens with one attached hydrogen (secondary N) is 3. The van der Waals surface area contributed by atoms with Crippen LogP contribution in [-0.2, 0) is 23.1 Å². The van der Waals surface area contributed by atoms with Crippen molar-refractivity contribution in [3.63, 3.8) is 0 Å². The molecule has 0 aromatic carbocycles. The van der Waals surface area contributed by atoms with Crippen LogP contribution in [0.25, 0.3) is 0 Å². The number of hydrogen-bond donors (Lipinski definition) is 3. The summed E-state index contributed by atoms with van der Waals surface area (Å²) in [6.45, 7) is 6.80. The summed E-state index contributed by atoms with van der Waals surface area (Å²) in [4.78, 5) is 4.92. The van der Waals surface area contributed by atoms with Crippen LogP contribution in [0.1, 0.15) is 30.1 Å². The van der Waals surface area contributed by atoms with E-state index in [1.54, 1.807) is 6.07 Å². The first-order valence-electron chi connectivity index (χ1n) is 6.55. The summed E-state index contributed by atoms with van der Waals surface area (Å²) in [7, 11) is -3.52. The second kappa shape index (κ2) is 6.65. The molecule has 2 aromatic rings. The first-order chi connectivity index (χ1) is 9.88. The number of nitrogens with zero attached hydrogens (tertiary/aromatic N) is 2. The van der Waals surface area contributed by atoms with Crippen LogP contribution >= 0.6 is 11.3 Å². The van der Waals surface area contributed by atoms with Gasteiger partial charge in [-0.25, -0.2) is 18.1 Å². The fourth-order valence-corrected chi connectivity index (χ4v) is 4.22. The molecular formula is C12H19N5O2S2. The molecule has 2 rings (SSSR count). The maximum Gasteiger partial charge on any atom is 0.250 e. The Balaban J connectivity index is 2.07. The van der Waals surface area contributed by atoms with Crippen molar-refractivity contribution in [2.75, 3.05) is 0 Å². The third-order valence-corrected chi connectivity index (χ3v) is 5.94. The highest BCUT2D eigenvalue weighted by Gasteiger charge is 2.19. The smallest absolute Gasteiger partial charge is 0.250 e. The van der Waals surface area contributed by atoms with E-state index in [9.17, 15) is 8.42 Å². The van der Waals surface area contributed by atoms with E-state index in [1.165, 1.54) is 17.7 Å². The number of thiophene rings is 1. The zero-order valence-corrected chi connectivity index (χ0v) is 13.8. The molecule has 0 unspecified atom stereocenters. The van der Waals surface area contributed by atoms with Gasteiger partial charge >= 0.3 is 0 Å². The first kappa shape index (κ1) is 16.1. The van der Waals surface area contributed by atoms with Crippen LogP contribution in [0.3, 0.4) is 0 Å². The van der Waals surface area contributed by atoms with Crippen LogP contribution in [0.4, 0.5) is 0 Å². The zero-order valence-electron chi connectivity index (χ0n) is 12.2. The van der Waals surface area contributed by atoms with Crippen LogP contribution in [0.2, 0.25) is 0 Å². The van der Waals surface area contributed by atoms with E-state index < -0.39 is 10.0 Å². The maximum absolute atomic E-state index is 12.2. The first-order valence-corrected chi connectivity index (χ1v) is 8.85. The Hall–Kier alpha value is -1.29. The van der Waals surface area contributed by atoms with Gasteiger partial charge in [-0.2, -0.15) is 5.10 Å². The Bertz CT molecular complexity index is 677. The van der Waals surface area contributed by atoms with E-state index >= 15 is 0 Å². The number of hydrogen-bond acceptors (Lipinski definition) is 6. The molecule has 0 aliphatic carbocycles. The van der Waals surface area contributed by atoms with Gasteiger partial charge in [0.15, 0.2) is 0 Å². The normalized spacial score (nSPS) is 12.2. The van der Waals surface area contributed by atoms with Crippen molar-refractivity contribution < 1.29 is 8.42 Å². The molecule has 2 heterocycles. The molecule has 0 radical (unpaired) electrons. The Morgan fingerprint density at radius 1 is 1.38 bits per heavy atom. The molecule has 0 saturated heterocycles. The molecular weight excluding hydrogens is 310 g/mol. The van der Waals surface area contributed by atoms with E-state index in [0.717, 1.165) is 10.4 Å². The lowest BCUT2D eigenvalue weighted by molar-refractivity contribution is 0.581. The molecule has 21 heavy (non-hydrogen) atoms. The van der Waals surface area contributed by atoms with Crippen molar-refractivity contribution in [3.05, 3.63) is 28.7 Å². The van der Waals surface area contributed by atoms with Crippen molar-refractivity contribution in [2.24, 2.45) is 0 Å². The molecule has 3 N–H and O–H groups in total. The van der Waals surface area contributed by atoms with Gasteiger partial charge in [-0.15, -0.1) is 11.3 Å². The third kappa shape index (κ3) is 4.34. The fourth-order valence-electron chi connectivity index (χ4n) is 1.64. The van der Waals surface area contributed by atoms with Gasteiger partial charge in [0.2, 0.25) is 10.0 Å². The summed E-state index contributed by atoms with van der Waals surface area (Å²) in [5.74, 6) is 0.480. The quantitative estimate of drug-likeness (QED) is 0.707. The SMILES string of the molecule is Cc1cc(S(=O)(=O)NCc2ncn[nH]2)sc1CNC(C)C. The predicted octanol–water partition coefficient (Wildman–Crippen LogP) is 1.15. The second-order valence-electron chi connectivity index (χ2n) is 4.96. The number of aromatic amines is 1. The number of aromatic nitrogens is 3. The topological polar surface area (TPSA) is 99.8 Å². The van der Waals surface area contributed by atoms with Crippen LogP contribution in [0.15, 0.2) is 16.6 Å². The lowest BCUT2D eigenvalue weighted by Crippen LogP contribution is -2.23. The minimum atomic E-state index is -3.52. The zero-order chi connectivity index (χ0) is 15.5. The van der Waals surface area contributed by atoms with E-state index in [1.807, 2.05) is 6.92 Å². The average Bonchev–Trinajstić information content (AvgIpc) is 3.04. The summed E-state index contributed by atoms with van der Waals surface area (Å²) in [5.41, 5.74) is 0.980. The summed E-state index contributed by atoms with van der Waals surface area (Å²) in [6.07, 6.45) is 1.34. The molecule has 0 bridgehead atoms. The molecule has 0 aliphatic rings. The lowest BCUT2D eigenvalue weighted by atomic mass is 10.3. The summed E-state index contributed by atoms with van der Waals surface area (Å²) in [5, 5.41) is 9.59. The van der Waals surface area contributed by atoms with E-state index in [4.69, 9.17) is 0 Å². The summed E-state index contributed by atoms with van der Waals surface area (Å²) >= 11 is 1.29. The molecule has 0 aliphatic heterocycles. The molecule has 7 nitrogen and oxygen atoms in total. The molecule has 0 atom stereocenters. The third-order valence-electron chi connectivity index (χ3n) is 2.83. The lowest BCUT2D eigenvalue weighted by Gasteiger charge is -2.06. The minimum Gasteiger partial charge on any atom is -0.310 e. The number of aryl methyl sites for hydroxylation is 1. The predicted molar refractivity (Wildman–Crippen MR) is 81.4 cm³/mol. The Kier molecular flexibility index (Phi) is 5.09. The van der Waals surface area contributed by atoms with E-state index in [2.05, 4.69) is 39.1 Å². The standard InChI is InChI=1S/C12H19N5O2S2/c1-8(2)13-5-10-9(3)4-12(20-10)21(18,19)16-6-11-14-7-15-17-11/h4,7-8,13,16H,5-6H2,1-3H3,(H,14,15,17). The summed E-state index contributed by atoms with van der Waals surface area (Å²) < 4.78 is 27.3. The number of rotatable bonds is 7. The number of sulfonamides is 1. The van der Waals surface area contributed by atoms with Gasteiger partial charge in [0.1, 0.15) is 16.4 Å². The van der Waals surface area contributed by atoms with Gasteiger partial charge in [0, 0.05) is 17.5 Å². The van der Waals surface area contributed by atoms with Gasteiger partial charge < -0.3 is 5.32 Å². The highest BCUT2D eigenvalue weighted by atomic mass is 32.2. The van der Waals surface area contributed by atoms with Crippen molar-refractivity contribution in [1.82, 2.24) is 25.2 Å². The highest BCUT2D eigenvalue weighted by Crippen LogP contribution is 2.26. The van der Waals surface area contributed by atoms with Crippen molar-refractivity contribution in [1.29, 1.82) is 0 Å². The summed E-state index contributed by atoms with van der Waals surface area (Å²) in [6, 6.07) is 2.06. The molecule has 2 aromatic heterocycles. The van der Waals surface area contributed by atoms with Gasteiger partial charge in [-0.3, -0.25) is 5.10 Å². The second-order valence-corrected chi connectivity index (χ2v) is 8.09. The van der Waals surface area contributed by atoms with E-state index in [0.29, 0.717) is 22.6 Å².